The molecule has 0 spiro atoms. The predicted molar refractivity (Wildman–Crippen MR) is 97.0 cm³/mol. The number of anilines is 2. The fraction of sp³-hybridized carbons (Fsp3) is 0.158. The van der Waals surface area contributed by atoms with Crippen LogP contribution in [0.3, 0.4) is 0 Å². The van der Waals surface area contributed by atoms with Crippen molar-refractivity contribution in [3.63, 3.8) is 0 Å². The van der Waals surface area contributed by atoms with E-state index < -0.39 is 5.63 Å². The van der Waals surface area contributed by atoms with Gasteiger partial charge in [-0.05, 0) is 36.2 Å². The Morgan fingerprint density at radius 1 is 1.16 bits per heavy atom. The van der Waals surface area contributed by atoms with Crippen molar-refractivity contribution in [1.29, 1.82) is 0 Å². The largest absolute Gasteiger partial charge is 0.506 e. The maximum Gasteiger partial charge on any atom is 0.336 e. The van der Waals surface area contributed by atoms with Crippen LogP contribution in [-0.2, 0) is 11.3 Å². The molecule has 0 atom stereocenters. The summed E-state index contributed by atoms with van der Waals surface area (Å²) in [5, 5.41) is 16.8. The summed E-state index contributed by atoms with van der Waals surface area (Å²) in [5.74, 6) is -0.106. The average molecular weight is 338 g/mol. The number of hydrogen-bond acceptors (Lipinski definition) is 5. The lowest BCUT2D eigenvalue weighted by Crippen LogP contribution is -2.06. The molecule has 3 rings (SSSR count). The minimum Gasteiger partial charge on any atom is -0.506 e. The van der Waals surface area contributed by atoms with E-state index in [1.165, 1.54) is 19.1 Å². The van der Waals surface area contributed by atoms with E-state index in [0.29, 0.717) is 17.8 Å². The van der Waals surface area contributed by atoms with Gasteiger partial charge in [-0.1, -0.05) is 12.1 Å². The highest BCUT2D eigenvalue weighted by atomic mass is 16.4. The minimum atomic E-state index is -0.440. The smallest absolute Gasteiger partial charge is 0.336 e. The van der Waals surface area contributed by atoms with Gasteiger partial charge in [0.15, 0.2) is 0 Å². The summed E-state index contributed by atoms with van der Waals surface area (Å²) in [7, 11) is 0. The highest BCUT2D eigenvalue weighted by molar-refractivity contribution is 5.88. The van der Waals surface area contributed by atoms with E-state index in [0.717, 1.165) is 22.2 Å². The minimum absolute atomic E-state index is 0.0103. The van der Waals surface area contributed by atoms with E-state index in [9.17, 15) is 14.7 Å². The van der Waals surface area contributed by atoms with Gasteiger partial charge >= 0.3 is 5.63 Å². The van der Waals surface area contributed by atoms with Gasteiger partial charge in [0.25, 0.3) is 0 Å². The van der Waals surface area contributed by atoms with Gasteiger partial charge in [-0.15, -0.1) is 0 Å². The Balaban J connectivity index is 1.80. The van der Waals surface area contributed by atoms with Crippen LogP contribution in [0.25, 0.3) is 11.0 Å². The first-order chi connectivity index (χ1) is 11.9. The summed E-state index contributed by atoms with van der Waals surface area (Å²) in [6.45, 7) is 3.78. The van der Waals surface area contributed by atoms with Gasteiger partial charge in [0.05, 0.1) is 5.69 Å². The van der Waals surface area contributed by atoms with Gasteiger partial charge in [-0.3, -0.25) is 4.79 Å². The van der Waals surface area contributed by atoms with Gasteiger partial charge in [-0.25, -0.2) is 4.79 Å². The lowest BCUT2D eigenvalue weighted by molar-refractivity contribution is -0.114. The quantitative estimate of drug-likeness (QED) is 0.501. The molecule has 1 amide bonds. The summed E-state index contributed by atoms with van der Waals surface area (Å²) < 4.78 is 5.11. The molecular formula is C19H18N2O4. The van der Waals surface area contributed by atoms with Crippen molar-refractivity contribution in [2.75, 3.05) is 10.6 Å². The number of phenols is 1. The molecular weight excluding hydrogens is 320 g/mol. The first kappa shape index (κ1) is 16.6. The molecule has 6 nitrogen and oxygen atoms in total. The molecule has 0 aliphatic rings. The second-order valence-corrected chi connectivity index (χ2v) is 5.85. The zero-order valence-corrected chi connectivity index (χ0v) is 13.9. The maximum atomic E-state index is 11.4. The number of benzene rings is 2. The highest BCUT2D eigenvalue weighted by Crippen LogP contribution is 2.30. The predicted octanol–water partition coefficient (Wildman–Crippen LogP) is 3.38. The first-order valence-electron chi connectivity index (χ1n) is 7.80. The van der Waals surface area contributed by atoms with Gasteiger partial charge in [0.1, 0.15) is 11.3 Å². The van der Waals surface area contributed by atoms with Crippen LogP contribution < -0.4 is 16.3 Å². The van der Waals surface area contributed by atoms with Gasteiger partial charge in [0, 0.05) is 36.7 Å². The molecule has 0 fully saturated rings. The van der Waals surface area contributed by atoms with E-state index in [1.54, 1.807) is 6.07 Å². The highest BCUT2D eigenvalue weighted by Gasteiger charge is 2.08. The van der Waals surface area contributed by atoms with Crippen molar-refractivity contribution in [1.82, 2.24) is 0 Å². The topological polar surface area (TPSA) is 91.6 Å². The lowest BCUT2D eigenvalue weighted by atomic mass is 10.1. The number of carbonyl (C=O) groups excluding carboxylic acids is 1. The maximum absolute atomic E-state index is 11.4. The monoisotopic (exact) mass is 338 g/mol. The summed E-state index contributed by atoms with van der Waals surface area (Å²) in [4.78, 5) is 22.4. The Bertz CT molecular complexity index is 991. The normalized spacial score (nSPS) is 10.6. The molecule has 0 unspecified atom stereocenters. The van der Waals surface area contributed by atoms with E-state index in [2.05, 4.69) is 10.6 Å². The molecule has 1 heterocycles. The molecule has 0 saturated heterocycles. The Hall–Kier alpha value is -3.28. The summed E-state index contributed by atoms with van der Waals surface area (Å²) in [6.07, 6.45) is 0. The standard InChI is InChI=1S/C19H18N2O4/c1-11-7-19(24)25-18-9-17(23)16(8-15(11)18)20-10-13-3-5-14(6-4-13)21-12(2)22/h3-9,20,23H,10H2,1-2H3,(H,21,22). The van der Waals surface area contributed by atoms with E-state index in [-0.39, 0.29) is 11.7 Å². The molecule has 0 aliphatic heterocycles. The van der Waals surface area contributed by atoms with Crippen molar-refractivity contribution >= 4 is 28.3 Å². The van der Waals surface area contributed by atoms with E-state index in [1.807, 2.05) is 31.2 Å². The SMILES string of the molecule is CC(=O)Nc1ccc(CNc2cc3c(C)cc(=O)oc3cc2O)cc1. The first-order valence-corrected chi connectivity index (χ1v) is 7.80. The summed E-state index contributed by atoms with van der Waals surface area (Å²) in [5.41, 5.74) is 2.97. The Morgan fingerprint density at radius 2 is 1.88 bits per heavy atom. The van der Waals surface area contributed by atoms with Crippen LogP contribution in [0.15, 0.2) is 51.7 Å². The molecule has 0 radical (unpaired) electrons. The lowest BCUT2D eigenvalue weighted by Gasteiger charge is -2.11. The molecule has 2 aromatic carbocycles. The molecule has 0 bridgehead atoms. The van der Waals surface area contributed by atoms with Crippen molar-refractivity contribution in [3.05, 3.63) is 64.0 Å². The zero-order chi connectivity index (χ0) is 18.0. The van der Waals surface area contributed by atoms with Crippen LogP contribution in [0.2, 0.25) is 0 Å². The number of phenolic OH excluding ortho intramolecular Hbond substituents is 1. The number of carbonyl (C=O) groups is 1. The van der Waals surface area contributed by atoms with Crippen LogP contribution in [0.1, 0.15) is 18.1 Å². The van der Waals surface area contributed by atoms with Crippen LogP contribution in [-0.4, -0.2) is 11.0 Å². The van der Waals surface area contributed by atoms with E-state index >= 15 is 0 Å². The number of hydrogen-bond donors (Lipinski definition) is 3. The number of rotatable bonds is 4. The molecule has 128 valence electrons. The van der Waals surface area contributed by atoms with Crippen molar-refractivity contribution in [3.8, 4) is 5.75 Å². The Labute approximate surface area is 144 Å². The average Bonchev–Trinajstić information content (AvgIpc) is 2.54. The van der Waals surface area contributed by atoms with Crippen molar-refractivity contribution in [2.24, 2.45) is 0 Å². The Kier molecular flexibility index (Phi) is 4.43. The second-order valence-electron chi connectivity index (χ2n) is 5.85. The summed E-state index contributed by atoms with van der Waals surface area (Å²) in [6, 6.07) is 12.0. The molecule has 3 N–H and O–H groups in total. The molecule has 0 saturated carbocycles. The zero-order valence-electron chi connectivity index (χ0n) is 13.9. The third-order valence-corrected chi connectivity index (χ3v) is 3.82. The second kappa shape index (κ2) is 6.68. The molecule has 25 heavy (non-hydrogen) atoms. The van der Waals surface area contributed by atoms with E-state index in [4.69, 9.17) is 4.42 Å². The van der Waals surface area contributed by atoms with Gasteiger partial charge in [0.2, 0.25) is 5.91 Å². The van der Waals surface area contributed by atoms with Crippen molar-refractivity contribution in [2.45, 2.75) is 20.4 Å². The number of nitrogens with one attached hydrogen (secondary N) is 2. The third kappa shape index (κ3) is 3.80. The number of aromatic hydroxyl groups is 1. The Morgan fingerprint density at radius 3 is 2.56 bits per heavy atom. The van der Waals surface area contributed by atoms with Crippen LogP contribution in [0.4, 0.5) is 11.4 Å². The van der Waals surface area contributed by atoms with Crippen molar-refractivity contribution < 1.29 is 14.3 Å². The molecule has 0 aliphatic carbocycles. The van der Waals surface area contributed by atoms with Gasteiger partial charge < -0.3 is 20.2 Å². The van der Waals surface area contributed by atoms with Crippen LogP contribution >= 0.6 is 0 Å². The molecule has 1 aromatic heterocycles. The van der Waals surface area contributed by atoms with Gasteiger partial charge in [-0.2, -0.15) is 0 Å². The fourth-order valence-electron chi connectivity index (χ4n) is 2.60. The third-order valence-electron chi connectivity index (χ3n) is 3.82. The number of aryl methyl sites for hydroxylation is 1. The molecule has 6 heteroatoms. The van der Waals surface area contributed by atoms with Crippen LogP contribution in [0, 0.1) is 6.92 Å². The fourth-order valence-corrected chi connectivity index (χ4v) is 2.60. The molecule has 3 aromatic rings. The number of amides is 1. The number of fused-ring (bicyclic) bond motifs is 1. The van der Waals surface area contributed by atoms with Crippen LogP contribution in [0.5, 0.6) is 5.75 Å². The summed E-state index contributed by atoms with van der Waals surface area (Å²) >= 11 is 0.